The average Bonchev–Trinajstić information content (AvgIpc) is 2.82. The molecule has 0 spiro atoms. The van der Waals surface area contributed by atoms with Gasteiger partial charge in [-0.05, 0) is 89.1 Å². The van der Waals surface area contributed by atoms with Gasteiger partial charge in [0, 0.05) is 51.6 Å². The third-order valence-corrected chi connectivity index (χ3v) is 5.94. The summed E-state index contributed by atoms with van der Waals surface area (Å²) in [4.78, 5) is 34.0. The van der Waals surface area contributed by atoms with E-state index in [1.165, 1.54) is 25.2 Å². The summed E-state index contributed by atoms with van der Waals surface area (Å²) >= 11 is 12.2. The van der Waals surface area contributed by atoms with Crippen LogP contribution in [0.4, 0.5) is 11.4 Å². The van der Waals surface area contributed by atoms with Gasteiger partial charge in [0.2, 0.25) is 5.91 Å². The Balaban J connectivity index is 0.000000414. The van der Waals surface area contributed by atoms with Gasteiger partial charge < -0.3 is 30.7 Å². The quantitative estimate of drug-likeness (QED) is 0.158. The normalized spacial score (nSPS) is 11.7. The van der Waals surface area contributed by atoms with Crippen LogP contribution < -0.4 is 11.1 Å². The van der Waals surface area contributed by atoms with E-state index in [-0.39, 0.29) is 12.5 Å². The zero-order valence-electron chi connectivity index (χ0n) is 24.3. The van der Waals surface area contributed by atoms with Crippen molar-refractivity contribution in [2.75, 3.05) is 24.3 Å². The second-order valence-corrected chi connectivity index (χ2v) is 10.7. The highest BCUT2D eigenvalue weighted by molar-refractivity contribution is 6.32. The molecule has 11 heteroatoms. The fourth-order valence-corrected chi connectivity index (χ4v) is 4.21. The number of carbonyl (C=O) groups is 3. The van der Waals surface area contributed by atoms with E-state index < -0.39 is 23.1 Å². The summed E-state index contributed by atoms with van der Waals surface area (Å²) in [6.45, 7) is 11.9. The molecule has 2 rings (SSSR count). The smallest absolute Gasteiger partial charge is 0.330 e. The summed E-state index contributed by atoms with van der Waals surface area (Å²) in [6, 6.07) is 6.39. The van der Waals surface area contributed by atoms with E-state index in [1.807, 2.05) is 0 Å². The number of nitrogen functional groups attached to an aromatic ring is 1. The van der Waals surface area contributed by atoms with Gasteiger partial charge in [-0.15, -0.1) is 0 Å². The van der Waals surface area contributed by atoms with E-state index in [1.54, 1.807) is 71.9 Å². The molecule has 9 nitrogen and oxygen atoms in total. The maximum Gasteiger partial charge on any atom is 0.330 e. The van der Waals surface area contributed by atoms with Crippen LogP contribution in [0.3, 0.4) is 0 Å². The molecular formula is C30H38Cl2N2O7. The topological polar surface area (TPSA) is 148 Å². The van der Waals surface area contributed by atoms with Gasteiger partial charge in [-0.25, -0.2) is 9.59 Å². The Labute approximate surface area is 250 Å². The minimum Gasteiger partial charge on any atom is -0.463 e. The SMILES string of the molecule is CCOC(=O)/C=C/c1cc(C(C)(C)O)c(Cl)cc1N.CCOC(=O)/C=C/c1cc(C(C)(C)O)c(Cl)cc1NC(C)=O. The summed E-state index contributed by atoms with van der Waals surface area (Å²) < 4.78 is 9.60. The lowest BCUT2D eigenvalue weighted by molar-refractivity contribution is -0.138. The summed E-state index contributed by atoms with van der Waals surface area (Å²) in [6.07, 6.45) is 5.59. The molecule has 0 heterocycles. The van der Waals surface area contributed by atoms with E-state index in [9.17, 15) is 24.6 Å². The largest absolute Gasteiger partial charge is 0.463 e. The van der Waals surface area contributed by atoms with Crippen LogP contribution in [-0.4, -0.2) is 41.3 Å². The standard InChI is InChI=1S/C16H20ClNO4.C14H18ClNO3/c1-5-22-15(20)7-6-11-8-12(16(3,4)21)13(17)9-14(11)18-10(2)19;1-4-19-13(17)6-5-9-7-10(14(2,3)18)11(15)8-12(9)16/h6-9,21H,5H2,1-4H3,(H,18,19);5-8,18H,4,16H2,1-3H3/b7-6+;6-5+. The van der Waals surface area contributed by atoms with Crippen LogP contribution in [0.15, 0.2) is 36.4 Å². The number of nitrogens with two attached hydrogens (primary N) is 1. The number of halogens is 2. The van der Waals surface area contributed by atoms with Crippen molar-refractivity contribution in [3.8, 4) is 0 Å². The lowest BCUT2D eigenvalue weighted by atomic mass is 9.95. The summed E-state index contributed by atoms with van der Waals surface area (Å²) in [5.74, 6) is -1.20. The molecule has 0 saturated heterocycles. The van der Waals surface area contributed by atoms with Gasteiger partial charge in [0.1, 0.15) is 0 Å². The van der Waals surface area contributed by atoms with Gasteiger partial charge in [0.05, 0.1) is 24.4 Å². The molecule has 0 aliphatic heterocycles. The van der Waals surface area contributed by atoms with E-state index in [0.717, 1.165) is 0 Å². The number of carbonyl (C=O) groups excluding carboxylic acids is 3. The van der Waals surface area contributed by atoms with Crippen LogP contribution in [0, 0.1) is 0 Å². The number of hydrogen-bond acceptors (Lipinski definition) is 8. The van der Waals surface area contributed by atoms with Crippen LogP contribution >= 0.6 is 23.2 Å². The first kappa shape index (κ1) is 35.7. The van der Waals surface area contributed by atoms with Crippen molar-refractivity contribution in [3.05, 3.63) is 68.7 Å². The monoisotopic (exact) mass is 608 g/mol. The molecular weight excluding hydrogens is 571 g/mol. The first-order valence-electron chi connectivity index (χ1n) is 12.8. The Hall–Kier alpha value is -3.37. The highest BCUT2D eigenvalue weighted by Gasteiger charge is 2.22. The number of aliphatic hydroxyl groups is 2. The molecule has 0 saturated carbocycles. The molecule has 0 radical (unpaired) electrons. The van der Waals surface area contributed by atoms with Crippen LogP contribution in [0.25, 0.3) is 12.2 Å². The van der Waals surface area contributed by atoms with Crippen molar-refractivity contribution in [2.24, 2.45) is 0 Å². The summed E-state index contributed by atoms with van der Waals surface area (Å²) in [5, 5.41) is 23.5. The summed E-state index contributed by atoms with van der Waals surface area (Å²) in [7, 11) is 0. The molecule has 5 N–H and O–H groups in total. The zero-order valence-corrected chi connectivity index (χ0v) is 25.8. The number of amides is 1. The number of benzene rings is 2. The van der Waals surface area contributed by atoms with Crippen molar-refractivity contribution in [2.45, 2.75) is 59.7 Å². The van der Waals surface area contributed by atoms with Crippen molar-refractivity contribution >= 4 is 64.6 Å². The van der Waals surface area contributed by atoms with Gasteiger partial charge in [-0.2, -0.15) is 0 Å². The molecule has 0 aliphatic rings. The Morgan fingerprint density at radius 2 is 1.24 bits per heavy atom. The molecule has 0 atom stereocenters. The Morgan fingerprint density at radius 3 is 1.66 bits per heavy atom. The van der Waals surface area contributed by atoms with Gasteiger partial charge in [0.25, 0.3) is 0 Å². The average molecular weight is 610 g/mol. The van der Waals surface area contributed by atoms with E-state index >= 15 is 0 Å². The molecule has 0 bridgehead atoms. The lowest BCUT2D eigenvalue weighted by Gasteiger charge is -2.21. The molecule has 41 heavy (non-hydrogen) atoms. The number of nitrogens with one attached hydrogen (secondary N) is 1. The van der Waals surface area contributed by atoms with E-state index in [4.69, 9.17) is 38.4 Å². The molecule has 0 fully saturated rings. The lowest BCUT2D eigenvalue weighted by Crippen LogP contribution is -2.17. The third kappa shape index (κ3) is 11.9. The van der Waals surface area contributed by atoms with Crippen molar-refractivity contribution in [3.63, 3.8) is 0 Å². The fourth-order valence-electron chi connectivity index (χ4n) is 3.41. The number of esters is 2. The molecule has 0 aliphatic carbocycles. The molecule has 2 aromatic carbocycles. The van der Waals surface area contributed by atoms with Crippen LogP contribution in [0.1, 0.15) is 70.7 Å². The summed E-state index contributed by atoms with van der Waals surface area (Å²) in [5.41, 5.74) is 6.66. The molecule has 224 valence electrons. The van der Waals surface area contributed by atoms with Gasteiger partial charge >= 0.3 is 11.9 Å². The second kappa shape index (κ2) is 15.6. The second-order valence-electron chi connectivity index (χ2n) is 9.85. The fraction of sp³-hybridized carbons (Fsp3) is 0.367. The number of hydrogen-bond donors (Lipinski definition) is 4. The highest BCUT2D eigenvalue weighted by Crippen LogP contribution is 2.34. The van der Waals surface area contributed by atoms with Crippen molar-refractivity contribution in [1.29, 1.82) is 0 Å². The predicted octanol–water partition coefficient (Wildman–Crippen LogP) is 5.83. The van der Waals surface area contributed by atoms with Crippen molar-refractivity contribution in [1.82, 2.24) is 0 Å². The van der Waals surface area contributed by atoms with E-state index in [0.29, 0.717) is 50.3 Å². The predicted molar refractivity (Wildman–Crippen MR) is 163 cm³/mol. The maximum absolute atomic E-state index is 11.4. The van der Waals surface area contributed by atoms with Crippen molar-refractivity contribution < 1.29 is 34.1 Å². The minimum absolute atomic E-state index is 0.266. The number of rotatable bonds is 9. The number of ether oxygens (including phenoxy) is 2. The highest BCUT2D eigenvalue weighted by atomic mass is 35.5. The maximum atomic E-state index is 11.4. The van der Waals surface area contributed by atoms with Crippen LogP contribution in [0.2, 0.25) is 10.0 Å². The zero-order chi connectivity index (χ0) is 31.5. The Kier molecular flexibility index (Phi) is 13.6. The van der Waals surface area contributed by atoms with Gasteiger partial charge in [0.15, 0.2) is 0 Å². The van der Waals surface area contributed by atoms with Crippen LogP contribution in [0.5, 0.6) is 0 Å². The van der Waals surface area contributed by atoms with E-state index in [2.05, 4.69) is 5.32 Å². The molecule has 1 amide bonds. The van der Waals surface area contributed by atoms with Gasteiger partial charge in [-0.1, -0.05) is 23.2 Å². The Bertz CT molecular complexity index is 1310. The Morgan fingerprint density at radius 1 is 0.829 bits per heavy atom. The number of anilines is 2. The molecule has 2 aromatic rings. The molecule has 0 aromatic heterocycles. The third-order valence-electron chi connectivity index (χ3n) is 5.31. The first-order chi connectivity index (χ1) is 18.9. The van der Waals surface area contributed by atoms with Crippen LogP contribution in [-0.2, 0) is 35.1 Å². The van der Waals surface area contributed by atoms with Gasteiger partial charge in [-0.3, -0.25) is 4.79 Å². The minimum atomic E-state index is -1.15. The first-order valence-corrected chi connectivity index (χ1v) is 13.5. The molecule has 0 unspecified atom stereocenters.